The van der Waals surface area contributed by atoms with Crippen LogP contribution in [0.3, 0.4) is 0 Å². The van der Waals surface area contributed by atoms with Crippen LogP contribution in [0.25, 0.3) is 0 Å². The van der Waals surface area contributed by atoms with E-state index in [-0.39, 0.29) is 43.4 Å². The van der Waals surface area contributed by atoms with Crippen LogP contribution in [0.5, 0.6) is 5.75 Å². The Bertz CT molecular complexity index is 844. The molecule has 1 aliphatic heterocycles. The van der Waals surface area contributed by atoms with E-state index in [1.165, 1.54) is 21.7 Å². The molecule has 1 amide bonds. The van der Waals surface area contributed by atoms with Crippen molar-refractivity contribution >= 4 is 43.2 Å². The third-order valence-corrected chi connectivity index (χ3v) is 7.57. The molecule has 0 spiro atoms. The zero-order valence-corrected chi connectivity index (χ0v) is 15.8. The number of rotatable bonds is 3. The molecule has 0 saturated carbocycles. The summed E-state index contributed by atoms with van der Waals surface area (Å²) >= 11 is 4.46. The van der Waals surface area contributed by atoms with Gasteiger partial charge in [0.25, 0.3) is 15.9 Å². The molecule has 0 radical (unpaired) electrons. The van der Waals surface area contributed by atoms with Gasteiger partial charge in [-0.15, -0.1) is 11.3 Å². The van der Waals surface area contributed by atoms with Gasteiger partial charge in [0.15, 0.2) is 0 Å². The Kier molecular flexibility index (Phi) is 4.95. The molecule has 2 aromatic rings. The van der Waals surface area contributed by atoms with Crippen LogP contribution in [-0.2, 0) is 10.0 Å². The summed E-state index contributed by atoms with van der Waals surface area (Å²) in [6.07, 6.45) is 0. The fourth-order valence-electron chi connectivity index (χ4n) is 2.52. The van der Waals surface area contributed by atoms with E-state index in [2.05, 4.69) is 15.9 Å². The number of phenols is 1. The number of piperazine rings is 1. The summed E-state index contributed by atoms with van der Waals surface area (Å²) < 4.78 is 27.4. The van der Waals surface area contributed by atoms with Gasteiger partial charge in [0.05, 0.1) is 5.56 Å². The Labute approximate surface area is 152 Å². The zero-order chi connectivity index (χ0) is 17.3. The summed E-state index contributed by atoms with van der Waals surface area (Å²) in [6, 6.07) is 7.95. The fourth-order valence-corrected chi connectivity index (χ4v) is 5.45. The Hall–Kier alpha value is -1.42. The summed E-state index contributed by atoms with van der Waals surface area (Å²) in [7, 11) is -3.49. The first kappa shape index (κ1) is 17.4. The van der Waals surface area contributed by atoms with Gasteiger partial charge in [0, 0.05) is 30.7 Å². The number of hydrogen-bond acceptors (Lipinski definition) is 5. The van der Waals surface area contributed by atoms with Gasteiger partial charge in [-0.2, -0.15) is 4.31 Å². The molecule has 1 N–H and O–H groups in total. The lowest BCUT2D eigenvalue weighted by Gasteiger charge is -2.33. The van der Waals surface area contributed by atoms with Crippen LogP contribution in [-0.4, -0.2) is 54.8 Å². The van der Waals surface area contributed by atoms with Crippen molar-refractivity contribution in [3.8, 4) is 5.75 Å². The second-order valence-corrected chi connectivity index (χ2v) is 9.32. The maximum atomic E-state index is 12.5. The van der Waals surface area contributed by atoms with Gasteiger partial charge in [-0.05, 0) is 29.6 Å². The summed E-state index contributed by atoms with van der Waals surface area (Å²) in [6.45, 7) is 1.05. The van der Waals surface area contributed by atoms with Crippen molar-refractivity contribution in [3.05, 3.63) is 45.7 Å². The maximum Gasteiger partial charge on any atom is 0.257 e. The molecule has 0 unspecified atom stereocenters. The van der Waals surface area contributed by atoms with E-state index in [1.54, 1.807) is 34.5 Å². The number of phenolic OH excluding ortho intramolecular Hbond substituents is 1. The number of halogens is 1. The van der Waals surface area contributed by atoms with Gasteiger partial charge in [-0.25, -0.2) is 8.42 Å². The van der Waals surface area contributed by atoms with Crippen molar-refractivity contribution in [1.82, 2.24) is 9.21 Å². The first-order chi connectivity index (χ1) is 11.4. The molecule has 2 heterocycles. The molecule has 3 rings (SSSR count). The topological polar surface area (TPSA) is 77.9 Å². The number of amides is 1. The Morgan fingerprint density at radius 1 is 1.17 bits per heavy atom. The lowest BCUT2D eigenvalue weighted by atomic mass is 10.1. The number of carbonyl (C=O) groups is 1. The minimum atomic E-state index is -3.49. The molecule has 1 saturated heterocycles. The third-order valence-electron chi connectivity index (χ3n) is 3.80. The summed E-state index contributed by atoms with van der Waals surface area (Å²) in [5.74, 6) is -0.390. The Balaban J connectivity index is 1.71. The van der Waals surface area contributed by atoms with Crippen LogP contribution in [0.15, 0.2) is 44.4 Å². The van der Waals surface area contributed by atoms with E-state index < -0.39 is 10.0 Å². The van der Waals surface area contributed by atoms with Gasteiger partial charge in [-0.1, -0.05) is 22.0 Å². The zero-order valence-electron chi connectivity index (χ0n) is 12.6. The second-order valence-electron chi connectivity index (χ2n) is 5.29. The number of nitrogens with zero attached hydrogens (tertiary/aromatic N) is 2. The molecule has 128 valence electrons. The highest BCUT2D eigenvalue weighted by Gasteiger charge is 2.31. The van der Waals surface area contributed by atoms with E-state index in [4.69, 9.17) is 0 Å². The predicted molar refractivity (Wildman–Crippen MR) is 94.8 cm³/mol. The van der Waals surface area contributed by atoms with Crippen LogP contribution in [0, 0.1) is 0 Å². The quantitative estimate of drug-likeness (QED) is 0.810. The molecule has 0 atom stereocenters. The minimum absolute atomic E-state index is 0.0863. The second kappa shape index (κ2) is 6.83. The Morgan fingerprint density at radius 3 is 2.50 bits per heavy atom. The van der Waals surface area contributed by atoms with Crippen molar-refractivity contribution in [3.63, 3.8) is 0 Å². The van der Waals surface area contributed by atoms with E-state index in [0.29, 0.717) is 8.68 Å². The lowest BCUT2D eigenvalue weighted by Crippen LogP contribution is -2.50. The number of benzene rings is 1. The first-order valence-electron chi connectivity index (χ1n) is 7.21. The smallest absolute Gasteiger partial charge is 0.257 e. The highest BCUT2D eigenvalue weighted by Crippen LogP contribution is 2.25. The van der Waals surface area contributed by atoms with E-state index >= 15 is 0 Å². The van der Waals surface area contributed by atoms with Crippen LogP contribution >= 0.6 is 27.3 Å². The molecule has 6 nitrogen and oxygen atoms in total. The number of aromatic hydroxyl groups is 1. The molecular formula is C15H15BrN2O4S2. The first-order valence-corrected chi connectivity index (χ1v) is 10.3. The van der Waals surface area contributed by atoms with Crippen molar-refractivity contribution in [2.24, 2.45) is 0 Å². The van der Waals surface area contributed by atoms with Crippen molar-refractivity contribution in [1.29, 1.82) is 0 Å². The lowest BCUT2D eigenvalue weighted by molar-refractivity contribution is 0.0695. The molecule has 1 fully saturated rings. The standard InChI is InChI=1S/C15H15BrN2O4S2/c16-11-3-4-13(19)12(10-11)15(20)17-5-7-18(8-6-17)24(21,22)14-2-1-9-23-14/h1-4,9-10,19H,5-8H2. The van der Waals surface area contributed by atoms with E-state index in [0.717, 1.165) is 0 Å². The molecule has 9 heteroatoms. The number of carbonyl (C=O) groups excluding carboxylic acids is 1. The van der Waals surface area contributed by atoms with Crippen LogP contribution < -0.4 is 0 Å². The summed E-state index contributed by atoms with van der Waals surface area (Å²) in [4.78, 5) is 14.1. The van der Waals surface area contributed by atoms with E-state index in [9.17, 15) is 18.3 Å². The molecule has 1 aliphatic rings. The number of thiophene rings is 1. The monoisotopic (exact) mass is 430 g/mol. The minimum Gasteiger partial charge on any atom is -0.507 e. The van der Waals surface area contributed by atoms with Crippen LogP contribution in [0.4, 0.5) is 0 Å². The highest BCUT2D eigenvalue weighted by atomic mass is 79.9. The molecule has 0 aliphatic carbocycles. The van der Waals surface area contributed by atoms with Crippen LogP contribution in [0.1, 0.15) is 10.4 Å². The molecule has 0 bridgehead atoms. The van der Waals surface area contributed by atoms with Crippen molar-refractivity contribution < 1.29 is 18.3 Å². The van der Waals surface area contributed by atoms with Crippen LogP contribution in [0.2, 0.25) is 0 Å². The number of hydrogen-bond donors (Lipinski definition) is 1. The highest BCUT2D eigenvalue weighted by molar-refractivity contribution is 9.10. The summed E-state index contributed by atoms with van der Waals surface area (Å²) in [5, 5.41) is 11.6. The van der Waals surface area contributed by atoms with Crippen molar-refractivity contribution in [2.45, 2.75) is 4.21 Å². The van der Waals surface area contributed by atoms with Gasteiger partial charge in [-0.3, -0.25) is 4.79 Å². The average Bonchev–Trinajstić information content (AvgIpc) is 3.12. The van der Waals surface area contributed by atoms with Gasteiger partial charge >= 0.3 is 0 Å². The normalized spacial score (nSPS) is 16.3. The maximum absolute atomic E-state index is 12.5. The molecule has 1 aromatic heterocycles. The van der Waals surface area contributed by atoms with Gasteiger partial charge in [0.2, 0.25) is 0 Å². The average molecular weight is 431 g/mol. The fraction of sp³-hybridized carbons (Fsp3) is 0.267. The predicted octanol–water partition coefficient (Wildman–Crippen LogP) is 2.36. The van der Waals surface area contributed by atoms with Gasteiger partial charge < -0.3 is 10.0 Å². The molecule has 24 heavy (non-hydrogen) atoms. The SMILES string of the molecule is O=C(c1cc(Br)ccc1O)N1CCN(S(=O)(=O)c2cccs2)CC1. The number of sulfonamides is 1. The Morgan fingerprint density at radius 2 is 1.88 bits per heavy atom. The largest absolute Gasteiger partial charge is 0.507 e. The third kappa shape index (κ3) is 3.34. The molecular weight excluding hydrogens is 416 g/mol. The summed E-state index contributed by atoms with van der Waals surface area (Å²) in [5.41, 5.74) is 0.207. The molecule has 1 aromatic carbocycles. The van der Waals surface area contributed by atoms with Crippen molar-refractivity contribution in [2.75, 3.05) is 26.2 Å². The van der Waals surface area contributed by atoms with Gasteiger partial charge in [0.1, 0.15) is 9.96 Å². The van der Waals surface area contributed by atoms with E-state index in [1.807, 2.05) is 0 Å².